The summed E-state index contributed by atoms with van der Waals surface area (Å²) in [5.74, 6) is 1.13. The summed E-state index contributed by atoms with van der Waals surface area (Å²) in [6, 6.07) is 23.5. The van der Waals surface area contributed by atoms with E-state index in [0.29, 0.717) is 29.4 Å². The number of nitrogens with zero attached hydrogens (tertiary/aromatic N) is 1. The molecule has 3 aromatic rings. The first-order chi connectivity index (χ1) is 16.6. The molecule has 0 aromatic heterocycles. The van der Waals surface area contributed by atoms with Crippen molar-refractivity contribution in [1.29, 1.82) is 0 Å². The van der Waals surface area contributed by atoms with E-state index >= 15 is 0 Å². The lowest BCUT2D eigenvalue weighted by atomic mass is 10.0. The summed E-state index contributed by atoms with van der Waals surface area (Å²) in [6.45, 7) is 7.93. The van der Waals surface area contributed by atoms with E-state index in [1.165, 1.54) is 11.1 Å². The maximum atomic E-state index is 12.8. The molecule has 3 rings (SSSR count). The summed E-state index contributed by atoms with van der Waals surface area (Å²) in [6.07, 6.45) is 3.09. The Morgan fingerprint density at radius 3 is 2.15 bits per heavy atom. The van der Waals surface area contributed by atoms with Crippen LogP contribution in [0.5, 0.6) is 11.5 Å². The molecule has 0 aliphatic heterocycles. The van der Waals surface area contributed by atoms with Crippen LogP contribution in [0.3, 0.4) is 0 Å². The summed E-state index contributed by atoms with van der Waals surface area (Å²) >= 11 is 0. The van der Waals surface area contributed by atoms with Gasteiger partial charge in [0, 0.05) is 23.9 Å². The Balaban J connectivity index is 1.60. The van der Waals surface area contributed by atoms with Gasteiger partial charge in [-0.05, 0) is 67.7 Å². The Morgan fingerprint density at radius 1 is 0.824 bits per heavy atom. The van der Waals surface area contributed by atoms with E-state index in [9.17, 15) is 4.79 Å². The molecule has 0 atom stereocenters. The first-order valence-electron chi connectivity index (χ1n) is 12.1. The van der Waals surface area contributed by atoms with E-state index in [1.807, 2.05) is 60.7 Å². The van der Waals surface area contributed by atoms with Gasteiger partial charge >= 0.3 is 0 Å². The summed E-state index contributed by atoms with van der Waals surface area (Å²) < 4.78 is 11.5. The quantitative estimate of drug-likeness (QED) is 0.338. The third-order valence-electron chi connectivity index (χ3n) is 5.63. The maximum Gasteiger partial charge on any atom is 0.255 e. The van der Waals surface area contributed by atoms with Crippen LogP contribution in [-0.4, -0.2) is 44.2 Å². The highest BCUT2D eigenvalue weighted by Crippen LogP contribution is 2.30. The Hall–Kier alpha value is -3.31. The van der Waals surface area contributed by atoms with Gasteiger partial charge in [0.1, 0.15) is 6.61 Å². The molecule has 0 heterocycles. The molecule has 5 heteroatoms. The van der Waals surface area contributed by atoms with Crippen molar-refractivity contribution >= 4 is 11.6 Å². The number of amides is 1. The zero-order valence-corrected chi connectivity index (χ0v) is 20.5. The summed E-state index contributed by atoms with van der Waals surface area (Å²) in [4.78, 5) is 15.2. The van der Waals surface area contributed by atoms with E-state index in [-0.39, 0.29) is 5.91 Å². The molecule has 0 radical (unpaired) electrons. The fraction of sp³-hybridized carbons (Fsp3) is 0.345. The second-order valence-corrected chi connectivity index (χ2v) is 8.37. The first-order valence-corrected chi connectivity index (χ1v) is 12.1. The number of carbonyl (C=O) groups is 1. The van der Waals surface area contributed by atoms with Gasteiger partial charge in [0.2, 0.25) is 0 Å². The van der Waals surface area contributed by atoms with E-state index in [1.54, 1.807) is 7.11 Å². The van der Waals surface area contributed by atoms with Gasteiger partial charge in [-0.25, -0.2) is 0 Å². The number of ether oxygens (including phenoxy) is 2. The van der Waals surface area contributed by atoms with Gasteiger partial charge in [0.25, 0.3) is 5.91 Å². The predicted octanol–water partition coefficient (Wildman–Crippen LogP) is 6.04. The number of nitrogens with one attached hydrogen (secondary N) is 1. The number of benzene rings is 3. The minimum Gasteiger partial charge on any atom is -0.493 e. The molecular formula is C29H36N2O3. The number of hydrogen-bond donors (Lipinski definition) is 1. The van der Waals surface area contributed by atoms with Crippen LogP contribution in [0.25, 0.3) is 0 Å². The average molecular weight is 461 g/mol. The molecule has 0 unspecified atom stereocenters. The van der Waals surface area contributed by atoms with Gasteiger partial charge in [0.15, 0.2) is 11.5 Å². The standard InChI is InChI=1S/C29H36N2O3/c1-4-17-31(18-5-2)19-20-34-28-22-26(15-16-27(28)33-3)30-29(32)25-13-11-24(12-14-25)21-23-9-7-6-8-10-23/h6-16,22H,4-5,17-21H2,1-3H3,(H,30,32). The van der Waals surface area contributed by atoms with Crippen molar-refractivity contribution in [3.8, 4) is 11.5 Å². The van der Waals surface area contributed by atoms with Gasteiger partial charge in [-0.2, -0.15) is 0 Å². The molecule has 0 saturated heterocycles. The normalized spacial score (nSPS) is 10.8. The minimum absolute atomic E-state index is 0.153. The van der Waals surface area contributed by atoms with Crippen molar-refractivity contribution < 1.29 is 14.3 Å². The lowest BCUT2D eigenvalue weighted by Gasteiger charge is -2.21. The molecule has 0 spiro atoms. The molecule has 0 saturated carbocycles. The Kier molecular flexibility index (Phi) is 9.98. The van der Waals surface area contributed by atoms with Crippen molar-refractivity contribution in [3.05, 3.63) is 89.5 Å². The maximum absolute atomic E-state index is 12.8. The SMILES string of the molecule is CCCN(CCC)CCOc1cc(NC(=O)c2ccc(Cc3ccccc3)cc2)ccc1OC. The third-order valence-corrected chi connectivity index (χ3v) is 5.63. The van der Waals surface area contributed by atoms with E-state index < -0.39 is 0 Å². The minimum atomic E-state index is -0.153. The van der Waals surface area contributed by atoms with Crippen molar-refractivity contribution in [2.45, 2.75) is 33.1 Å². The van der Waals surface area contributed by atoms with Crippen molar-refractivity contribution in [1.82, 2.24) is 4.90 Å². The van der Waals surface area contributed by atoms with Gasteiger partial charge < -0.3 is 14.8 Å². The summed E-state index contributed by atoms with van der Waals surface area (Å²) in [5, 5.41) is 2.97. The number of rotatable bonds is 13. The van der Waals surface area contributed by atoms with Crippen molar-refractivity contribution in [3.63, 3.8) is 0 Å². The second kappa shape index (κ2) is 13.4. The topological polar surface area (TPSA) is 50.8 Å². The Bertz CT molecular complexity index is 1010. The van der Waals surface area contributed by atoms with Crippen molar-refractivity contribution in [2.75, 3.05) is 38.7 Å². The molecule has 0 aliphatic carbocycles. The second-order valence-electron chi connectivity index (χ2n) is 8.37. The average Bonchev–Trinajstić information content (AvgIpc) is 2.85. The molecule has 0 fully saturated rings. The van der Waals surface area contributed by atoms with Crippen LogP contribution in [-0.2, 0) is 6.42 Å². The van der Waals surface area contributed by atoms with Crippen LogP contribution in [0.15, 0.2) is 72.8 Å². The zero-order valence-electron chi connectivity index (χ0n) is 20.5. The van der Waals surface area contributed by atoms with Crippen LogP contribution in [0, 0.1) is 0 Å². The van der Waals surface area contributed by atoms with Crippen LogP contribution in [0.2, 0.25) is 0 Å². The lowest BCUT2D eigenvalue weighted by Crippen LogP contribution is -2.30. The zero-order chi connectivity index (χ0) is 24.2. The van der Waals surface area contributed by atoms with Gasteiger partial charge in [-0.3, -0.25) is 9.69 Å². The molecular weight excluding hydrogens is 424 g/mol. The molecule has 3 aromatic carbocycles. The smallest absolute Gasteiger partial charge is 0.255 e. The van der Waals surface area contributed by atoms with Gasteiger partial charge in [-0.1, -0.05) is 56.3 Å². The fourth-order valence-electron chi connectivity index (χ4n) is 3.93. The number of hydrogen-bond acceptors (Lipinski definition) is 4. The van der Waals surface area contributed by atoms with Crippen molar-refractivity contribution in [2.24, 2.45) is 0 Å². The fourth-order valence-corrected chi connectivity index (χ4v) is 3.93. The van der Waals surface area contributed by atoms with Crippen LogP contribution in [0.4, 0.5) is 5.69 Å². The van der Waals surface area contributed by atoms with Crippen LogP contribution < -0.4 is 14.8 Å². The third kappa shape index (κ3) is 7.63. The molecule has 1 N–H and O–H groups in total. The number of anilines is 1. The van der Waals surface area contributed by atoms with E-state index in [0.717, 1.165) is 38.9 Å². The van der Waals surface area contributed by atoms with Crippen LogP contribution in [0.1, 0.15) is 48.2 Å². The summed E-state index contributed by atoms with van der Waals surface area (Å²) in [5.41, 5.74) is 3.71. The van der Waals surface area contributed by atoms with Gasteiger partial charge in [-0.15, -0.1) is 0 Å². The largest absolute Gasteiger partial charge is 0.493 e. The highest BCUT2D eigenvalue weighted by Gasteiger charge is 2.11. The summed E-state index contributed by atoms with van der Waals surface area (Å²) in [7, 11) is 1.62. The molecule has 180 valence electrons. The molecule has 0 aliphatic rings. The first kappa shape index (κ1) is 25.3. The Morgan fingerprint density at radius 2 is 1.50 bits per heavy atom. The van der Waals surface area contributed by atoms with Crippen LogP contribution >= 0.6 is 0 Å². The van der Waals surface area contributed by atoms with E-state index in [4.69, 9.17) is 9.47 Å². The number of carbonyl (C=O) groups excluding carboxylic acids is 1. The molecule has 0 bridgehead atoms. The Labute approximate surface area is 203 Å². The monoisotopic (exact) mass is 460 g/mol. The predicted molar refractivity (Wildman–Crippen MR) is 139 cm³/mol. The highest BCUT2D eigenvalue weighted by atomic mass is 16.5. The molecule has 34 heavy (non-hydrogen) atoms. The lowest BCUT2D eigenvalue weighted by molar-refractivity contribution is 0.102. The van der Waals surface area contributed by atoms with Gasteiger partial charge in [0.05, 0.1) is 7.11 Å². The molecule has 1 amide bonds. The van der Waals surface area contributed by atoms with E-state index in [2.05, 4.69) is 36.2 Å². The highest BCUT2D eigenvalue weighted by molar-refractivity contribution is 6.04. The number of methoxy groups -OCH3 is 1. The molecule has 5 nitrogen and oxygen atoms in total.